The molecule has 0 rings (SSSR count). The Labute approximate surface area is 219 Å². The second-order valence-electron chi connectivity index (χ2n) is 8.16. The van der Waals surface area contributed by atoms with E-state index in [1.54, 1.807) is 13.8 Å². The Morgan fingerprint density at radius 1 is 0.595 bits per heavy atom. The fourth-order valence-electron chi connectivity index (χ4n) is 2.94. The number of carbonyl (C=O) groups is 4. The molecule has 0 aliphatic heterocycles. The molecule has 0 fully saturated rings. The van der Waals surface area contributed by atoms with Gasteiger partial charge in [-0.2, -0.15) is 0 Å². The Bertz CT molecular complexity index is 753. The minimum Gasteiger partial charge on any atom is -0.457 e. The molecule has 37 heavy (non-hydrogen) atoms. The summed E-state index contributed by atoms with van der Waals surface area (Å²) in [5, 5.41) is 0. The molecule has 4 atom stereocenters. The van der Waals surface area contributed by atoms with Crippen LogP contribution in [-0.4, -0.2) is 67.8 Å². The lowest BCUT2D eigenvalue weighted by Crippen LogP contribution is -2.34. The van der Waals surface area contributed by atoms with E-state index in [0.717, 1.165) is 24.3 Å². The first-order valence-electron chi connectivity index (χ1n) is 12.1. The predicted molar refractivity (Wildman–Crippen MR) is 136 cm³/mol. The van der Waals surface area contributed by atoms with Crippen molar-refractivity contribution in [3.8, 4) is 0 Å². The number of carbonyl (C=O) groups excluding carboxylic acids is 4. The van der Waals surface area contributed by atoms with Crippen LogP contribution in [0.1, 0.15) is 52.9 Å². The molecule has 0 heterocycles. The van der Waals surface area contributed by atoms with Gasteiger partial charge < -0.3 is 28.4 Å². The van der Waals surface area contributed by atoms with E-state index in [1.165, 1.54) is 0 Å². The minimum atomic E-state index is -1.04. The summed E-state index contributed by atoms with van der Waals surface area (Å²) < 4.78 is 32.1. The number of hydrogen-bond donors (Lipinski definition) is 0. The molecule has 10 nitrogen and oxygen atoms in total. The van der Waals surface area contributed by atoms with Gasteiger partial charge in [-0.3, -0.25) is 0 Å². The monoisotopic (exact) mass is 524 g/mol. The molecule has 0 saturated heterocycles. The largest absolute Gasteiger partial charge is 0.457 e. The topological polar surface area (TPSA) is 124 Å². The second kappa shape index (κ2) is 19.9. The van der Waals surface area contributed by atoms with Gasteiger partial charge in [0.25, 0.3) is 0 Å². The SMILES string of the molecule is C=CC(=O)OC(C)COC(C)COC(C)C(CCCCCC(OC(=O)C=C)OC(=O)C=C)OC(=O)C=C. The van der Waals surface area contributed by atoms with Gasteiger partial charge in [0.05, 0.1) is 25.4 Å². The van der Waals surface area contributed by atoms with Crippen LogP contribution in [0.25, 0.3) is 0 Å². The van der Waals surface area contributed by atoms with Crippen LogP contribution in [0.3, 0.4) is 0 Å². The Kier molecular flexibility index (Phi) is 18.1. The van der Waals surface area contributed by atoms with Gasteiger partial charge in [-0.1, -0.05) is 32.7 Å². The molecule has 0 amide bonds. The van der Waals surface area contributed by atoms with Crippen molar-refractivity contribution in [2.24, 2.45) is 0 Å². The Hall–Kier alpha value is -3.24. The molecule has 4 unspecified atom stereocenters. The zero-order valence-corrected chi connectivity index (χ0v) is 22.1. The summed E-state index contributed by atoms with van der Waals surface area (Å²) in [4.78, 5) is 45.9. The van der Waals surface area contributed by atoms with Gasteiger partial charge in [0.15, 0.2) is 0 Å². The van der Waals surface area contributed by atoms with Crippen LogP contribution < -0.4 is 0 Å². The Morgan fingerprint density at radius 3 is 1.59 bits per heavy atom. The third kappa shape index (κ3) is 17.0. The summed E-state index contributed by atoms with van der Waals surface area (Å²) in [6.07, 6.45) is 4.13. The maximum absolute atomic E-state index is 11.8. The normalized spacial score (nSPS) is 13.8. The zero-order chi connectivity index (χ0) is 28.2. The van der Waals surface area contributed by atoms with Crippen molar-refractivity contribution in [2.75, 3.05) is 13.2 Å². The van der Waals surface area contributed by atoms with Gasteiger partial charge in [-0.15, -0.1) is 0 Å². The fraction of sp³-hybridized carbons (Fsp3) is 0.556. The van der Waals surface area contributed by atoms with E-state index in [0.29, 0.717) is 25.7 Å². The standard InChI is InChI=1S/C27H40O10/c1-8-23(28)34-20(6)18-32-19(5)17-33-21(7)22(35-24(29)9-2)15-13-12-14-16-27(36-25(30)10-3)37-26(31)11-4/h8-11,19-22,27H,1-4,12-18H2,5-7H3. The van der Waals surface area contributed by atoms with E-state index in [1.807, 2.05) is 6.92 Å². The van der Waals surface area contributed by atoms with Gasteiger partial charge in [0.2, 0.25) is 6.29 Å². The van der Waals surface area contributed by atoms with Crippen molar-refractivity contribution < 1.29 is 47.6 Å². The Balaban J connectivity index is 4.65. The molecule has 10 heteroatoms. The summed E-state index contributed by atoms with van der Waals surface area (Å²) in [6, 6.07) is 0. The molecule has 0 aromatic carbocycles. The van der Waals surface area contributed by atoms with Crippen LogP contribution in [-0.2, 0) is 47.6 Å². The van der Waals surface area contributed by atoms with Crippen molar-refractivity contribution in [1.29, 1.82) is 0 Å². The Morgan fingerprint density at radius 2 is 1.05 bits per heavy atom. The van der Waals surface area contributed by atoms with Crippen LogP contribution >= 0.6 is 0 Å². The number of ether oxygens (including phenoxy) is 6. The predicted octanol–water partition coefficient (Wildman–Crippen LogP) is 3.75. The number of esters is 4. The molecule has 0 spiro atoms. The highest BCUT2D eigenvalue weighted by Crippen LogP contribution is 2.17. The van der Waals surface area contributed by atoms with E-state index >= 15 is 0 Å². The van der Waals surface area contributed by atoms with Crippen molar-refractivity contribution in [3.63, 3.8) is 0 Å². The lowest BCUT2D eigenvalue weighted by atomic mass is 10.1. The fourth-order valence-corrected chi connectivity index (χ4v) is 2.94. The lowest BCUT2D eigenvalue weighted by molar-refractivity contribution is -0.182. The smallest absolute Gasteiger partial charge is 0.333 e. The van der Waals surface area contributed by atoms with Gasteiger partial charge in [-0.05, 0) is 40.0 Å². The molecule has 0 aliphatic rings. The number of rotatable bonds is 21. The minimum absolute atomic E-state index is 0.193. The molecule has 0 aromatic heterocycles. The molecular weight excluding hydrogens is 484 g/mol. The highest BCUT2D eigenvalue weighted by Gasteiger charge is 2.23. The summed E-state index contributed by atoms with van der Waals surface area (Å²) in [6.45, 7) is 19.2. The molecule has 208 valence electrons. The average Bonchev–Trinajstić information content (AvgIpc) is 2.88. The quantitative estimate of drug-likeness (QED) is 0.0721. The first-order chi connectivity index (χ1) is 17.6. The third-order valence-corrected chi connectivity index (χ3v) is 4.91. The average molecular weight is 525 g/mol. The van der Waals surface area contributed by atoms with Gasteiger partial charge in [0, 0.05) is 30.7 Å². The van der Waals surface area contributed by atoms with Crippen LogP contribution in [0.4, 0.5) is 0 Å². The summed E-state index contributed by atoms with van der Waals surface area (Å²) in [5.74, 6) is -2.48. The summed E-state index contributed by atoms with van der Waals surface area (Å²) in [5.41, 5.74) is 0. The lowest BCUT2D eigenvalue weighted by Gasteiger charge is -2.26. The van der Waals surface area contributed by atoms with Crippen LogP contribution in [0.2, 0.25) is 0 Å². The number of unbranched alkanes of at least 4 members (excludes halogenated alkanes) is 2. The van der Waals surface area contributed by atoms with Crippen molar-refractivity contribution >= 4 is 23.9 Å². The third-order valence-electron chi connectivity index (χ3n) is 4.91. The van der Waals surface area contributed by atoms with Gasteiger partial charge in [0.1, 0.15) is 12.2 Å². The molecule has 0 saturated carbocycles. The van der Waals surface area contributed by atoms with E-state index in [-0.39, 0.29) is 25.7 Å². The highest BCUT2D eigenvalue weighted by molar-refractivity contribution is 5.83. The van der Waals surface area contributed by atoms with E-state index in [4.69, 9.17) is 28.4 Å². The van der Waals surface area contributed by atoms with Gasteiger partial charge >= 0.3 is 23.9 Å². The van der Waals surface area contributed by atoms with Crippen molar-refractivity contribution in [2.45, 2.75) is 83.6 Å². The van der Waals surface area contributed by atoms with Gasteiger partial charge in [-0.25, -0.2) is 19.2 Å². The number of hydrogen-bond acceptors (Lipinski definition) is 10. The van der Waals surface area contributed by atoms with Crippen molar-refractivity contribution in [3.05, 3.63) is 50.6 Å². The summed E-state index contributed by atoms with van der Waals surface area (Å²) >= 11 is 0. The molecule has 0 aromatic rings. The van der Waals surface area contributed by atoms with Crippen LogP contribution in [0.5, 0.6) is 0 Å². The van der Waals surface area contributed by atoms with E-state index < -0.39 is 48.5 Å². The summed E-state index contributed by atoms with van der Waals surface area (Å²) in [7, 11) is 0. The van der Waals surface area contributed by atoms with Crippen molar-refractivity contribution in [1.82, 2.24) is 0 Å². The maximum Gasteiger partial charge on any atom is 0.333 e. The van der Waals surface area contributed by atoms with E-state index in [9.17, 15) is 19.2 Å². The van der Waals surface area contributed by atoms with Crippen LogP contribution in [0, 0.1) is 0 Å². The first kappa shape index (κ1) is 33.8. The molecule has 0 bridgehead atoms. The van der Waals surface area contributed by atoms with Crippen LogP contribution in [0.15, 0.2) is 50.6 Å². The second-order valence-corrected chi connectivity index (χ2v) is 8.16. The highest BCUT2D eigenvalue weighted by atomic mass is 16.7. The maximum atomic E-state index is 11.8. The molecule has 0 aliphatic carbocycles. The van der Waals surface area contributed by atoms with E-state index in [2.05, 4.69) is 26.3 Å². The molecule has 0 N–H and O–H groups in total. The zero-order valence-electron chi connectivity index (χ0n) is 22.1. The molecular formula is C27H40O10. The molecule has 0 radical (unpaired) electrons. The first-order valence-corrected chi connectivity index (χ1v) is 12.1.